The fraction of sp³-hybridized carbons (Fsp3) is 0.625. The SMILES string of the molecule is CC.COc1cc(N)ccc1C1CCC(C)CC1. The highest BCUT2D eigenvalue weighted by molar-refractivity contribution is 5.49. The van der Waals surface area contributed by atoms with Crippen molar-refractivity contribution in [1.29, 1.82) is 0 Å². The van der Waals surface area contributed by atoms with Crippen molar-refractivity contribution in [3.63, 3.8) is 0 Å². The highest BCUT2D eigenvalue weighted by Crippen LogP contribution is 2.39. The first-order valence-corrected chi connectivity index (χ1v) is 7.14. The molecule has 1 aliphatic rings. The molecule has 0 heterocycles. The molecule has 1 aliphatic carbocycles. The first kappa shape index (κ1) is 14.9. The van der Waals surface area contributed by atoms with Crippen molar-refractivity contribution in [3.05, 3.63) is 23.8 Å². The number of nitrogens with two attached hydrogens (primary N) is 1. The average molecular weight is 249 g/mol. The third-order valence-electron chi connectivity index (χ3n) is 3.71. The van der Waals surface area contributed by atoms with Crippen LogP contribution in [0.15, 0.2) is 18.2 Å². The number of methoxy groups -OCH3 is 1. The number of rotatable bonds is 2. The van der Waals surface area contributed by atoms with Crippen LogP contribution >= 0.6 is 0 Å². The molecule has 0 spiro atoms. The summed E-state index contributed by atoms with van der Waals surface area (Å²) in [6.07, 6.45) is 5.22. The van der Waals surface area contributed by atoms with E-state index in [1.54, 1.807) is 7.11 Å². The van der Waals surface area contributed by atoms with Gasteiger partial charge in [-0.15, -0.1) is 0 Å². The van der Waals surface area contributed by atoms with Crippen LogP contribution in [-0.4, -0.2) is 7.11 Å². The van der Waals surface area contributed by atoms with Gasteiger partial charge in [-0.05, 0) is 36.3 Å². The predicted molar refractivity (Wildman–Crippen MR) is 79.1 cm³/mol. The normalized spacial score (nSPS) is 22.9. The van der Waals surface area contributed by atoms with E-state index in [2.05, 4.69) is 13.0 Å². The van der Waals surface area contributed by atoms with Gasteiger partial charge in [-0.2, -0.15) is 0 Å². The molecule has 1 fully saturated rings. The van der Waals surface area contributed by atoms with E-state index in [0.717, 1.165) is 17.4 Å². The van der Waals surface area contributed by atoms with Crippen LogP contribution in [0, 0.1) is 5.92 Å². The average Bonchev–Trinajstić information content (AvgIpc) is 2.42. The summed E-state index contributed by atoms with van der Waals surface area (Å²) in [6, 6.07) is 6.05. The number of anilines is 1. The molecule has 1 aromatic rings. The Hall–Kier alpha value is -1.18. The second kappa shape index (κ2) is 7.30. The monoisotopic (exact) mass is 249 g/mol. The summed E-state index contributed by atoms with van der Waals surface area (Å²) in [6.45, 7) is 6.34. The number of nitrogen functional groups attached to an aromatic ring is 1. The van der Waals surface area contributed by atoms with E-state index in [4.69, 9.17) is 10.5 Å². The predicted octanol–water partition coefficient (Wildman–Crippen LogP) is 4.60. The molecule has 1 saturated carbocycles. The van der Waals surface area contributed by atoms with E-state index in [0.29, 0.717) is 5.92 Å². The highest BCUT2D eigenvalue weighted by atomic mass is 16.5. The standard InChI is InChI=1S/C14H21NO.C2H6/c1-10-3-5-11(6-4-10)13-8-7-12(15)9-14(13)16-2;1-2/h7-11H,3-6,15H2,1-2H3;1-2H3. The summed E-state index contributed by atoms with van der Waals surface area (Å²) >= 11 is 0. The maximum atomic E-state index is 5.77. The Labute approximate surface area is 112 Å². The summed E-state index contributed by atoms with van der Waals surface area (Å²) in [5.74, 6) is 2.50. The Morgan fingerprint density at radius 1 is 1.11 bits per heavy atom. The van der Waals surface area contributed by atoms with Gasteiger partial charge in [0.1, 0.15) is 5.75 Å². The van der Waals surface area contributed by atoms with Gasteiger partial charge in [0, 0.05) is 11.8 Å². The summed E-state index contributed by atoms with van der Waals surface area (Å²) in [5.41, 5.74) is 7.89. The highest BCUT2D eigenvalue weighted by Gasteiger charge is 2.22. The van der Waals surface area contributed by atoms with Crippen LogP contribution in [0.5, 0.6) is 5.75 Å². The summed E-state index contributed by atoms with van der Waals surface area (Å²) in [7, 11) is 1.73. The maximum absolute atomic E-state index is 5.77. The van der Waals surface area contributed by atoms with E-state index in [-0.39, 0.29) is 0 Å². The maximum Gasteiger partial charge on any atom is 0.124 e. The van der Waals surface area contributed by atoms with Crippen molar-refractivity contribution in [3.8, 4) is 5.75 Å². The van der Waals surface area contributed by atoms with Gasteiger partial charge in [-0.1, -0.05) is 39.7 Å². The van der Waals surface area contributed by atoms with Gasteiger partial charge in [-0.25, -0.2) is 0 Å². The molecule has 0 atom stereocenters. The van der Waals surface area contributed by atoms with E-state index in [1.807, 2.05) is 26.0 Å². The Kier molecular flexibility index (Phi) is 6.03. The topological polar surface area (TPSA) is 35.2 Å². The summed E-state index contributed by atoms with van der Waals surface area (Å²) in [5, 5.41) is 0. The van der Waals surface area contributed by atoms with Crippen molar-refractivity contribution in [2.75, 3.05) is 12.8 Å². The van der Waals surface area contributed by atoms with Gasteiger partial charge in [0.15, 0.2) is 0 Å². The van der Waals surface area contributed by atoms with E-state index >= 15 is 0 Å². The molecule has 0 radical (unpaired) electrons. The molecule has 0 aliphatic heterocycles. The van der Waals surface area contributed by atoms with E-state index < -0.39 is 0 Å². The molecular formula is C16H27NO. The Bertz CT molecular complexity index is 354. The van der Waals surface area contributed by atoms with Crippen LogP contribution in [0.4, 0.5) is 5.69 Å². The molecule has 2 nitrogen and oxygen atoms in total. The minimum absolute atomic E-state index is 0.659. The van der Waals surface area contributed by atoms with E-state index in [9.17, 15) is 0 Å². The van der Waals surface area contributed by atoms with Gasteiger partial charge < -0.3 is 10.5 Å². The smallest absolute Gasteiger partial charge is 0.124 e. The van der Waals surface area contributed by atoms with Gasteiger partial charge in [0.2, 0.25) is 0 Å². The number of ether oxygens (including phenoxy) is 1. The first-order chi connectivity index (χ1) is 8.70. The minimum atomic E-state index is 0.659. The summed E-state index contributed by atoms with van der Waals surface area (Å²) < 4.78 is 5.43. The lowest BCUT2D eigenvalue weighted by atomic mass is 9.79. The molecule has 2 heteroatoms. The lowest BCUT2D eigenvalue weighted by Crippen LogP contribution is -2.11. The third kappa shape index (κ3) is 3.66. The molecular weight excluding hydrogens is 222 g/mol. The van der Waals surface area contributed by atoms with Gasteiger partial charge in [0.05, 0.1) is 7.11 Å². The molecule has 2 rings (SSSR count). The van der Waals surface area contributed by atoms with Crippen molar-refractivity contribution in [2.24, 2.45) is 5.92 Å². The summed E-state index contributed by atoms with van der Waals surface area (Å²) in [4.78, 5) is 0. The van der Waals surface area contributed by atoms with Crippen LogP contribution in [0.3, 0.4) is 0 Å². The Balaban J connectivity index is 0.000000771. The fourth-order valence-corrected chi connectivity index (χ4v) is 2.64. The number of benzene rings is 1. The largest absolute Gasteiger partial charge is 0.496 e. The van der Waals surface area contributed by atoms with E-state index in [1.165, 1.54) is 31.2 Å². The zero-order valence-corrected chi connectivity index (χ0v) is 12.2. The molecule has 0 amide bonds. The number of hydrogen-bond acceptors (Lipinski definition) is 2. The van der Waals surface area contributed by atoms with Crippen molar-refractivity contribution in [2.45, 2.75) is 52.4 Å². The Morgan fingerprint density at radius 2 is 1.72 bits per heavy atom. The van der Waals surface area contributed by atoms with Crippen LogP contribution in [0.2, 0.25) is 0 Å². The minimum Gasteiger partial charge on any atom is -0.496 e. The van der Waals surface area contributed by atoms with Crippen molar-refractivity contribution < 1.29 is 4.74 Å². The van der Waals surface area contributed by atoms with Crippen molar-refractivity contribution >= 4 is 5.69 Å². The second-order valence-electron chi connectivity index (χ2n) is 4.96. The van der Waals surface area contributed by atoms with Crippen LogP contribution in [-0.2, 0) is 0 Å². The van der Waals surface area contributed by atoms with Gasteiger partial charge >= 0.3 is 0 Å². The third-order valence-corrected chi connectivity index (χ3v) is 3.71. The zero-order chi connectivity index (χ0) is 13.5. The second-order valence-corrected chi connectivity index (χ2v) is 4.96. The fourth-order valence-electron chi connectivity index (χ4n) is 2.64. The van der Waals surface area contributed by atoms with Gasteiger partial charge in [0.25, 0.3) is 0 Å². The lowest BCUT2D eigenvalue weighted by molar-refractivity contribution is 0.336. The molecule has 2 N–H and O–H groups in total. The van der Waals surface area contributed by atoms with Crippen LogP contribution < -0.4 is 10.5 Å². The first-order valence-electron chi connectivity index (χ1n) is 7.14. The molecule has 102 valence electrons. The molecule has 1 aromatic carbocycles. The zero-order valence-electron chi connectivity index (χ0n) is 12.2. The lowest BCUT2D eigenvalue weighted by Gasteiger charge is -2.27. The van der Waals surface area contributed by atoms with Crippen LogP contribution in [0.25, 0.3) is 0 Å². The molecule has 0 saturated heterocycles. The van der Waals surface area contributed by atoms with Crippen molar-refractivity contribution in [1.82, 2.24) is 0 Å². The molecule has 0 aromatic heterocycles. The quantitative estimate of drug-likeness (QED) is 0.778. The van der Waals surface area contributed by atoms with Gasteiger partial charge in [-0.3, -0.25) is 0 Å². The Morgan fingerprint density at radius 3 is 2.28 bits per heavy atom. The molecule has 0 unspecified atom stereocenters. The molecule has 0 bridgehead atoms. The van der Waals surface area contributed by atoms with Crippen LogP contribution in [0.1, 0.15) is 57.9 Å². The molecule has 18 heavy (non-hydrogen) atoms. The number of hydrogen-bond donors (Lipinski definition) is 1.